The van der Waals surface area contributed by atoms with Crippen LogP contribution in [0.1, 0.15) is 215 Å². The summed E-state index contributed by atoms with van der Waals surface area (Å²) in [5.74, 6) is 0.184. The van der Waals surface area contributed by atoms with E-state index in [0.29, 0.717) is 6.61 Å². The smallest absolute Gasteiger partial charge is 0.308 e. The van der Waals surface area contributed by atoms with Crippen molar-refractivity contribution in [1.82, 2.24) is 4.90 Å². The van der Waals surface area contributed by atoms with Crippen LogP contribution in [0.4, 0.5) is 0 Å². The number of nitrogens with zero attached hydrogens (tertiary/aromatic N) is 1. The maximum atomic E-state index is 12.8. The summed E-state index contributed by atoms with van der Waals surface area (Å²) >= 11 is 0. The number of hydrogen-bond acceptors (Lipinski definition) is 5. The molecule has 0 rings (SSSR count). The Labute approximate surface area is 289 Å². The van der Waals surface area contributed by atoms with Gasteiger partial charge in [0, 0.05) is 19.6 Å². The van der Waals surface area contributed by atoms with E-state index in [4.69, 9.17) is 4.74 Å². The highest BCUT2D eigenvalue weighted by molar-refractivity contribution is 5.72. The Hall–Kier alpha value is -0.940. The van der Waals surface area contributed by atoms with E-state index in [-0.39, 0.29) is 18.5 Å². The third kappa shape index (κ3) is 41.1. The van der Waals surface area contributed by atoms with Crippen LogP contribution >= 0.6 is 0 Å². The van der Waals surface area contributed by atoms with Gasteiger partial charge in [0.1, 0.15) is 6.29 Å². The number of carbonyl (C=O) groups is 2. The number of rotatable bonds is 34. The maximum Gasteiger partial charge on any atom is 0.308 e. The van der Waals surface area contributed by atoms with Crippen molar-refractivity contribution in [3.8, 4) is 0 Å². The molecule has 0 aromatic carbocycles. The van der Waals surface area contributed by atoms with Crippen molar-refractivity contribution in [3.63, 3.8) is 0 Å². The number of ether oxygens (including phenoxy) is 1. The molecule has 0 fully saturated rings. The average Bonchev–Trinajstić information content (AvgIpc) is 3.08. The molecule has 0 heterocycles. The molecule has 0 aliphatic rings. The summed E-state index contributed by atoms with van der Waals surface area (Å²) in [6, 6.07) is 0. The summed E-state index contributed by atoms with van der Waals surface area (Å²) in [6.07, 6.45) is 33.2. The molecule has 278 valence electrons. The molecule has 46 heavy (non-hydrogen) atoms. The van der Waals surface area contributed by atoms with Gasteiger partial charge in [0.25, 0.3) is 0 Å². The van der Waals surface area contributed by atoms with Crippen LogP contribution < -0.4 is 0 Å². The van der Waals surface area contributed by atoms with Crippen molar-refractivity contribution >= 4 is 12.3 Å². The monoisotopic (exact) mass is 656 g/mol. The molecule has 0 amide bonds. The molecule has 1 unspecified atom stereocenters. The lowest BCUT2D eigenvalue weighted by Crippen LogP contribution is -2.28. The van der Waals surface area contributed by atoms with E-state index < -0.39 is 0 Å². The molecular formula is C41H85NO4. The Morgan fingerprint density at radius 2 is 0.957 bits per heavy atom. The fourth-order valence-corrected chi connectivity index (χ4v) is 5.67. The molecule has 0 bridgehead atoms. The predicted octanol–water partition coefficient (Wildman–Crippen LogP) is 12.3. The molecule has 0 aliphatic heterocycles. The van der Waals surface area contributed by atoms with Gasteiger partial charge in [-0.3, -0.25) is 4.79 Å². The Morgan fingerprint density at radius 3 is 1.43 bits per heavy atom. The first-order valence-electron chi connectivity index (χ1n) is 20.5. The van der Waals surface area contributed by atoms with Gasteiger partial charge in [0.15, 0.2) is 0 Å². The number of aldehydes is 1. The van der Waals surface area contributed by atoms with Crippen molar-refractivity contribution in [2.24, 2.45) is 5.92 Å². The van der Waals surface area contributed by atoms with Crippen LogP contribution in [0.25, 0.3) is 0 Å². The summed E-state index contributed by atoms with van der Waals surface area (Å²) in [6.45, 7) is 17.1. The van der Waals surface area contributed by atoms with Crippen molar-refractivity contribution < 1.29 is 19.4 Å². The summed E-state index contributed by atoms with van der Waals surface area (Å²) in [5.41, 5.74) is 0. The van der Waals surface area contributed by atoms with E-state index in [0.717, 1.165) is 70.7 Å². The SMILES string of the molecule is CC.CCCCCCC=O.CCCCCCCCC(CCCCCC)C(=O)OCCCCCCN(CCCO)CCCCCCC. The number of esters is 1. The van der Waals surface area contributed by atoms with Crippen LogP contribution in [-0.4, -0.2) is 55.1 Å². The Bertz CT molecular complexity index is 557. The van der Waals surface area contributed by atoms with E-state index >= 15 is 0 Å². The molecule has 1 atom stereocenters. The average molecular weight is 656 g/mol. The Kier molecular flexibility index (Phi) is 49.6. The minimum atomic E-state index is 0.0679. The molecule has 0 saturated heterocycles. The van der Waals surface area contributed by atoms with Gasteiger partial charge >= 0.3 is 5.97 Å². The van der Waals surface area contributed by atoms with Gasteiger partial charge in [0.05, 0.1) is 12.5 Å². The van der Waals surface area contributed by atoms with E-state index in [1.807, 2.05) is 13.8 Å². The fourth-order valence-electron chi connectivity index (χ4n) is 5.67. The van der Waals surface area contributed by atoms with Crippen LogP contribution in [0.15, 0.2) is 0 Å². The molecule has 0 spiro atoms. The van der Waals surface area contributed by atoms with Crippen LogP contribution in [0, 0.1) is 5.92 Å². The third-order valence-electron chi connectivity index (χ3n) is 8.64. The minimum Gasteiger partial charge on any atom is -0.465 e. The number of unbranched alkanes of at least 4 members (excludes halogenated alkanes) is 19. The maximum absolute atomic E-state index is 12.8. The molecular weight excluding hydrogens is 570 g/mol. The highest BCUT2D eigenvalue weighted by Crippen LogP contribution is 2.21. The van der Waals surface area contributed by atoms with Gasteiger partial charge in [-0.05, 0) is 58.0 Å². The molecule has 0 radical (unpaired) electrons. The van der Waals surface area contributed by atoms with Gasteiger partial charge in [0.2, 0.25) is 0 Å². The standard InChI is InChI=1S/C32H65NO3.C7H14O.C2H6/c1-4-7-10-13-14-19-25-31(24-18-12-9-6-3)32(35)36-30-22-17-16-21-27-33(28-23-29-34)26-20-15-11-8-5-2;1-2-3-4-5-6-7-8;1-2/h31,34H,4-30H2,1-3H3;7H,2-6H2,1H3;1-2H3. The van der Waals surface area contributed by atoms with Crippen LogP contribution in [-0.2, 0) is 14.3 Å². The minimum absolute atomic E-state index is 0.0679. The zero-order valence-corrected chi connectivity index (χ0v) is 32.4. The van der Waals surface area contributed by atoms with Gasteiger partial charge in [-0.2, -0.15) is 0 Å². The fraction of sp³-hybridized carbons (Fsp3) is 0.951. The number of carbonyl (C=O) groups excluding carboxylic acids is 2. The lowest BCUT2D eigenvalue weighted by atomic mass is 9.94. The molecule has 5 nitrogen and oxygen atoms in total. The number of aliphatic hydroxyl groups excluding tert-OH is 1. The van der Waals surface area contributed by atoms with Crippen LogP contribution in [0.5, 0.6) is 0 Å². The van der Waals surface area contributed by atoms with Crippen LogP contribution in [0.2, 0.25) is 0 Å². The zero-order chi connectivity index (χ0) is 34.8. The summed E-state index contributed by atoms with van der Waals surface area (Å²) in [4.78, 5) is 25.1. The molecule has 5 heteroatoms. The molecule has 1 N–H and O–H groups in total. The van der Waals surface area contributed by atoms with Crippen molar-refractivity contribution in [2.45, 2.75) is 215 Å². The first-order chi connectivity index (χ1) is 22.6. The Balaban J connectivity index is -0.00000159. The molecule has 0 aromatic heterocycles. The van der Waals surface area contributed by atoms with Gasteiger partial charge in [-0.1, -0.05) is 164 Å². The first-order valence-corrected chi connectivity index (χ1v) is 20.5. The number of aliphatic hydroxyl groups is 1. The van der Waals surface area contributed by atoms with E-state index in [1.165, 1.54) is 129 Å². The second-order valence-electron chi connectivity index (χ2n) is 13.0. The van der Waals surface area contributed by atoms with Crippen molar-refractivity contribution in [3.05, 3.63) is 0 Å². The van der Waals surface area contributed by atoms with E-state index in [2.05, 4.69) is 32.6 Å². The predicted molar refractivity (Wildman–Crippen MR) is 203 cm³/mol. The van der Waals surface area contributed by atoms with E-state index in [9.17, 15) is 14.7 Å². The highest BCUT2D eigenvalue weighted by atomic mass is 16.5. The first kappa shape index (κ1) is 49.4. The quantitative estimate of drug-likeness (QED) is 0.0424. The van der Waals surface area contributed by atoms with Gasteiger partial charge in [-0.15, -0.1) is 0 Å². The normalized spacial score (nSPS) is 11.4. The second kappa shape index (κ2) is 46.2. The van der Waals surface area contributed by atoms with Crippen LogP contribution in [0.3, 0.4) is 0 Å². The van der Waals surface area contributed by atoms with Gasteiger partial charge in [-0.25, -0.2) is 0 Å². The summed E-state index contributed by atoms with van der Waals surface area (Å²) < 4.78 is 5.75. The summed E-state index contributed by atoms with van der Waals surface area (Å²) in [7, 11) is 0. The number of hydrogen-bond donors (Lipinski definition) is 1. The van der Waals surface area contributed by atoms with Crippen molar-refractivity contribution in [2.75, 3.05) is 32.8 Å². The van der Waals surface area contributed by atoms with Crippen molar-refractivity contribution in [1.29, 1.82) is 0 Å². The highest BCUT2D eigenvalue weighted by Gasteiger charge is 2.19. The Morgan fingerprint density at radius 1 is 0.565 bits per heavy atom. The van der Waals surface area contributed by atoms with E-state index in [1.54, 1.807) is 0 Å². The lowest BCUT2D eigenvalue weighted by Gasteiger charge is -2.22. The molecule has 0 saturated carbocycles. The topological polar surface area (TPSA) is 66.8 Å². The largest absolute Gasteiger partial charge is 0.465 e. The second-order valence-corrected chi connectivity index (χ2v) is 13.0. The van der Waals surface area contributed by atoms with Gasteiger partial charge < -0.3 is 19.5 Å². The summed E-state index contributed by atoms with van der Waals surface area (Å²) in [5, 5.41) is 9.20. The molecule has 0 aliphatic carbocycles. The molecule has 0 aromatic rings. The lowest BCUT2D eigenvalue weighted by molar-refractivity contribution is -0.149. The zero-order valence-electron chi connectivity index (χ0n) is 32.4. The third-order valence-corrected chi connectivity index (χ3v) is 8.64.